The molecule has 0 spiro atoms. The van der Waals surface area contributed by atoms with Crippen molar-refractivity contribution in [1.82, 2.24) is 0 Å². The monoisotopic (exact) mass is 285 g/mol. The molecule has 1 aliphatic carbocycles. The number of ether oxygens (including phenoxy) is 1. The summed E-state index contributed by atoms with van der Waals surface area (Å²) in [4.78, 5) is 0. The lowest BCUT2D eigenvalue weighted by Gasteiger charge is -2.13. The summed E-state index contributed by atoms with van der Waals surface area (Å²) in [6.07, 6.45) is -2.94. The molecule has 0 aromatic heterocycles. The van der Waals surface area contributed by atoms with Crippen molar-refractivity contribution in [1.29, 1.82) is 0 Å². The maximum atomic E-state index is 13.3. The summed E-state index contributed by atoms with van der Waals surface area (Å²) in [5.41, 5.74) is 6.32. The topological polar surface area (TPSA) is 35.2 Å². The van der Waals surface area contributed by atoms with Gasteiger partial charge >= 0.3 is 6.36 Å². The van der Waals surface area contributed by atoms with Crippen LogP contribution in [0, 0.1) is 11.7 Å². The highest BCUT2D eigenvalue weighted by atomic mass is 35.5. The van der Waals surface area contributed by atoms with Crippen LogP contribution in [-0.4, -0.2) is 6.36 Å². The van der Waals surface area contributed by atoms with Gasteiger partial charge in [0.25, 0.3) is 0 Å². The highest BCUT2D eigenvalue weighted by molar-refractivity contribution is 5.85. The first-order valence-corrected chi connectivity index (χ1v) is 5.17. The molecule has 1 fully saturated rings. The number of nitrogens with two attached hydrogens (primary N) is 1. The molecule has 0 bridgehead atoms. The van der Waals surface area contributed by atoms with Crippen LogP contribution in [0.25, 0.3) is 0 Å². The number of halogens is 5. The van der Waals surface area contributed by atoms with E-state index in [9.17, 15) is 17.6 Å². The normalized spacial score (nSPS) is 16.9. The Morgan fingerprint density at radius 2 is 1.89 bits per heavy atom. The summed E-state index contributed by atoms with van der Waals surface area (Å²) in [6, 6.07) is 3.02. The van der Waals surface area contributed by atoms with Gasteiger partial charge < -0.3 is 10.5 Å². The Hall–Kier alpha value is -1.01. The van der Waals surface area contributed by atoms with Gasteiger partial charge in [-0.15, -0.1) is 25.6 Å². The van der Waals surface area contributed by atoms with E-state index in [4.69, 9.17) is 5.73 Å². The van der Waals surface area contributed by atoms with E-state index in [0.717, 1.165) is 25.0 Å². The van der Waals surface area contributed by atoms with Gasteiger partial charge in [0.05, 0.1) is 0 Å². The fourth-order valence-electron chi connectivity index (χ4n) is 1.66. The third-order valence-electron chi connectivity index (χ3n) is 2.70. The van der Waals surface area contributed by atoms with E-state index >= 15 is 0 Å². The second kappa shape index (κ2) is 5.32. The number of hydrogen-bond acceptors (Lipinski definition) is 2. The van der Waals surface area contributed by atoms with Crippen LogP contribution in [0.15, 0.2) is 18.2 Å². The first-order chi connectivity index (χ1) is 7.87. The molecule has 0 radical (unpaired) electrons. The van der Waals surface area contributed by atoms with Gasteiger partial charge in [0.15, 0.2) is 11.6 Å². The van der Waals surface area contributed by atoms with Crippen LogP contribution in [0.2, 0.25) is 0 Å². The van der Waals surface area contributed by atoms with Crippen molar-refractivity contribution < 1.29 is 22.3 Å². The Morgan fingerprint density at radius 1 is 1.28 bits per heavy atom. The van der Waals surface area contributed by atoms with E-state index in [1.165, 1.54) is 6.07 Å². The average Bonchev–Trinajstić information content (AvgIpc) is 3.01. The predicted molar refractivity (Wildman–Crippen MR) is 60.0 cm³/mol. The molecular weight excluding hydrogens is 274 g/mol. The highest BCUT2D eigenvalue weighted by Crippen LogP contribution is 2.40. The minimum absolute atomic E-state index is 0. The van der Waals surface area contributed by atoms with Crippen molar-refractivity contribution >= 4 is 12.4 Å². The lowest BCUT2D eigenvalue weighted by atomic mass is 10.0. The lowest BCUT2D eigenvalue weighted by molar-refractivity contribution is -0.275. The molecule has 1 atom stereocenters. The molecule has 1 aliphatic rings. The van der Waals surface area contributed by atoms with Crippen molar-refractivity contribution in [2.45, 2.75) is 25.2 Å². The van der Waals surface area contributed by atoms with Crippen LogP contribution >= 0.6 is 12.4 Å². The molecule has 1 aromatic rings. The molecule has 0 aliphatic heterocycles. The van der Waals surface area contributed by atoms with Crippen LogP contribution in [0.1, 0.15) is 24.4 Å². The summed E-state index contributed by atoms with van der Waals surface area (Å²) >= 11 is 0. The maximum absolute atomic E-state index is 13.3. The zero-order valence-electron chi connectivity index (χ0n) is 9.21. The minimum Gasteiger partial charge on any atom is -0.403 e. The number of rotatable bonds is 3. The largest absolute Gasteiger partial charge is 0.573 e. The van der Waals surface area contributed by atoms with E-state index in [1.807, 2.05) is 0 Å². The Balaban J connectivity index is 0.00000162. The van der Waals surface area contributed by atoms with E-state index < -0.39 is 17.9 Å². The van der Waals surface area contributed by atoms with Crippen molar-refractivity contribution in [3.63, 3.8) is 0 Å². The van der Waals surface area contributed by atoms with Gasteiger partial charge in [0.2, 0.25) is 0 Å². The molecule has 1 aromatic carbocycles. The van der Waals surface area contributed by atoms with E-state index in [0.29, 0.717) is 11.5 Å². The Morgan fingerprint density at radius 3 is 2.33 bits per heavy atom. The molecule has 0 amide bonds. The van der Waals surface area contributed by atoms with Gasteiger partial charge in [-0.2, -0.15) is 0 Å². The van der Waals surface area contributed by atoms with Gasteiger partial charge in [-0.1, -0.05) is 6.07 Å². The maximum Gasteiger partial charge on any atom is 0.573 e. The lowest BCUT2D eigenvalue weighted by Crippen LogP contribution is -2.18. The van der Waals surface area contributed by atoms with Crippen molar-refractivity contribution in [2.24, 2.45) is 11.7 Å². The third-order valence-corrected chi connectivity index (χ3v) is 2.70. The second-order valence-electron chi connectivity index (χ2n) is 4.10. The molecule has 2 nitrogen and oxygen atoms in total. The fourth-order valence-corrected chi connectivity index (χ4v) is 1.66. The SMILES string of the molecule is Cl.N[C@@H](c1ccc(OC(F)(F)F)c(F)c1)C1CC1. The van der Waals surface area contributed by atoms with Crippen LogP contribution in [0.3, 0.4) is 0 Å². The Bertz CT molecular complexity index is 420. The molecule has 1 saturated carbocycles. The number of benzene rings is 1. The van der Waals surface area contributed by atoms with E-state index in [2.05, 4.69) is 4.74 Å². The molecule has 0 heterocycles. The molecule has 2 N–H and O–H groups in total. The highest BCUT2D eigenvalue weighted by Gasteiger charge is 2.33. The van der Waals surface area contributed by atoms with E-state index in [-0.39, 0.29) is 18.4 Å². The fraction of sp³-hybridized carbons (Fsp3) is 0.455. The van der Waals surface area contributed by atoms with Gasteiger partial charge in [-0.25, -0.2) is 4.39 Å². The van der Waals surface area contributed by atoms with Crippen LogP contribution in [-0.2, 0) is 0 Å². The molecule has 102 valence electrons. The summed E-state index contributed by atoms with van der Waals surface area (Å²) in [6.45, 7) is 0. The third kappa shape index (κ3) is 3.74. The van der Waals surface area contributed by atoms with Crippen molar-refractivity contribution in [3.8, 4) is 5.75 Å². The quantitative estimate of drug-likeness (QED) is 0.862. The minimum atomic E-state index is -4.89. The first-order valence-electron chi connectivity index (χ1n) is 5.17. The summed E-state index contributed by atoms with van der Waals surface area (Å²) in [5.74, 6) is -1.57. The zero-order chi connectivity index (χ0) is 12.6. The molecule has 0 unspecified atom stereocenters. The molecule has 0 saturated heterocycles. The summed E-state index contributed by atoms with van der Waals surface area (Å²) in [5, 5.41) is 0. The van der Waals surface area contributed by atoms with Crippen molar-refractivity contribution in [2.75, 3.05) is 0 Å². The number of alkyl halides is 3. The number of hydrogen-bond donors (Lipinski definition) is 1. The Kier molecular flexibility index (Phi) is 4.45. The van der Waals surface area contributed by atoms with Crippen LogP contribution in [0.4, 0.5) is 17.6 Å². The van der Waals surface area contributed by atoms with Crippen LogP contribution in [0.5, 0.6) is 5.75 Å². The second-order valence-corrected chi connectivity index (χ2v) is 4.10. The molecule has 2 rings (SSSR count). The first kappa shape index (κ1) is 15.0. The molecule has 7 heteroatoms. The summed E-state index contributed by atoms with van der Waals surface area (Å²) in [7, 11) is 0. The van der Waals surface area contributed by atoms with Gasteiger partial charge in [-0.05, 0) is 36.5 Å². The average molecular weight is 286 g/mol. The summed E-state index contributed by atoms with van der Waals surface area (Å²) < 4.78 is 52.6. The van der Waals surface area contributed by atoms with Gasteiger partial charge in [0, 0.05) is 6.04 Å². The van der Waals surface area contributed by atoms with Gasteiger partial charge in [0.1, 0.15) is 0 Å². The van der Waals surface area contributed by atoms with Gasteiger partial charge in [-0.3, -0.25) is 0 Å². The predicted octanol–water partition coefficient (Wildman–Crippen LogP) is 3.56. The molecule has 18 heavy (non-hydrogen) atoms. The van der Waals surface area contributed by atoms with Crippen molar-refractivity contribution in [3.05, 3.63) is 29.6 Å². The van der Waals surface area contributed by atoms with Crippen LogP contribution < -0.4 is 10.5 Å². The van der Waals surface area contributed by atoms with E-state index in [1.54, 1.807) is 0 Å². The zero-order valence-corrected chi connectivity index (χ0v) is 10.0. The standard InChI is InChI=1S/C11H11F4NO.ClH/c12-8-5-7(10(16)6-1-2-6)3-4-9(8)17-11(13,14)15;/h3-6,10H,1-2,16H2;1H/t10-;/m1./s1. The molecular formula is C11H12ClF4NO. The smallest absolute Gasteiger partial charge is 0.403 e. The Labute approximate surface area is 108 Å².